The zero-order chi connectivity index (χ0) is 49.8. The molecule has 1 aliphatic carbocycles. The molecule has 0 radical (unpaired) electrons. The van der Waals surface area contributed by atoms with Crippen molar-refractivity contribution in [2.75, 3.05) is 19.8 Å². The van der Waals surface area contributed by atoms with Gasteiger partial charge in [-0.25, -0.2) is 4.57 Å². The molecule has 6 atom stereocenters. The number of esters is 1. The molecule has 0 aromatic rings. The lowest BCUT2D eigenvalue weighted by Crippen LogP contribution is -2.64. The van der Waals surface area contributed by atoms with Crippen LogP contribution in [0.4, 0.5) is 0 Å². The lowest BCUT2D eigenvalue weighted by atomic mass is 9.85. The third kappa shape index (κ3) is 34.7. The molecule has 0 bridgehead atoms. The number of unbranched alkanes of at least 4 members (excludes halogenated alkanes) is 6. The van der Waals surface area contributed by atoms with E-state index in [9.17, 15) is 39.8 Å². The maximum atomic E-state index is 12.9. The standard InChI is InChI=1S/C55H87O12P/c1-3-5-7-9-11-13-15-17-19-21-23-25-26-28-30-32-34-36-38-40-42-44-49(56)66-48(47-65-68(62,63)67-55-53(60)51(58)50(57)52(59)54(55)61)46-64-45-43-41-39-37-35-33-31-29-27-24-22-20-18-16-14-12-10-8-6-4-2/h5-8,11-14,17-20,23-25,27-28,30-31,33-34,36,48,50-55,57-61H,3-4,9-10,15-16,21-22,26,29,32,35,37-47H2,1-2H3,(H,62,63)/b7-5-,8-6-,13-11-,14-12-,19-17-,20-18-,25-23-,27-24-,30-28-,33-31-,36-34-. The number of phosphoric acid groups is 1. The molecule has 1 saturated carbocycles. The van der Waals surface area contributed by atoms with Crippen molar-refractivity contribution >= 4 is 13.8 Å². The van der Waals surface area contributed by atoms with E-state index >= 15 is 0 Å². The molecule has 384 valence electrons. The minimum atomic E-state index is -5.05. The van der Waals surface area contributed by atoms with Crippen molar-refractivity contribution in [2.24, 2.45) is 0 Å². The first-order valence-electron chi connectivity index (χ1n) is 25.0. The van der Waals surface area contributed by atoms with Gasteiger partial charge in [-0.1, -0.05) is 160 Å². The SMILES string of the molecule is CC/C=C\C/C=C\C/C=C\C/C=C\C/C=C\C/C=C\CCCCC(=O)OC(COCCCCCC/C=C\C/C=C\C/C=C\C/C=C\C/C=C\CC)COP(=O)(O)OC1C(O)C(O)C(O)C(O)C1O. The first-order valence-corrected chi connectivity index (χ1v) is 26.5. The molecule has 0 amide bonds. The number of aliphatic hydroxyl groups excluding tert-OH is 5. The maximum absolute atomic E-state index is 12.9. The van der Waals surface area contributed by atoms with E-state index in [0.29, 0.717) is 13.0 Å². The molecule has 0 aromatic heterocycles. The minimum absolute atomic E-state index is 0.114. The quantitative estimate of drug-likeness (QED) is 0.0148. The van der Waals surface area contributed by atoms with E-state index in [-0.39, 0.29) is 13.0 Å². The van der Waals surface area contributed by atoms with E-state index in [1.54, 1.807) is 0 Å². The fourth-order valence-corrected chi connectivity index (χ4v) is 7.59. The summed E-state index contributed by atoms with van der Waals surface area (Å²) in [7, 11) is -5.05. The predicted octanol–water partition coefficient (Wildman–Crippen LogP) is 11.2. The molecule has 0 heterocycles. The Balaban J connectivity index is 2.44. The van der Waals surface area contributed by atoms with E-state index in [1.807, 2.05) is 0 Å². The highest BCUT2D eigenvalue weighted by molar-refractivity contribution is 7.47. The Hall–Kier alpha value is -3.52. The topological polar surface area (TPSA) is 192 Å². The molecule has 12 nitrogen and oxygen atoms in total. The summed E-state index contributed by atoms with van der Waals surface area (Å²) in [5, 5.41) is 50.3. The summed E-state index contributed by atoms with van der Waals surface area (Å²) in [6.45, 7) is 3.90. The minimum Gasteiger partial charge on any atom is -0.457 e. The zero-order valence-corrected chi connectivity index (χ0v) is 42.0. The first kappa shape index (κ1) is 62.5. The highest BCUT2D eigenvalue weighted by Crippen LogP contribution is 2.47. The van der Waals surface area contributed by atoms with Gasteiger partial charge < -0.3 is 39.9 Å². The van der Waals surface area contributed by atoms with Gasteiger partial charge in [-0.3, -0.25) is 13.8 Å². The summed E-state index contributed by atoms with van der Waals surface area (Å²) in [4.78, 5) is 23.2. The summed E-state index contributed by atoms with van der Waals surface area (Å²) >= 11 is 0. The zero-order valence-electron chi connectivity index (χ0n) is 41.1. The van der Waals surface area contributed by atoms with Gasteiger partial charge in [0, 0.05) is 13.0 Å². The van der Waals surface area contributed by atoms with Crippen LogP contribution in [0.2, 0.25) is 0 Å². The highest BCUT2D eigenvalue weighted by Gasteiger charge is 2.51. The normalized spacial score (nSPS) is 22.3. The number of allylic oxidation sites excluding steroid dienone is 22. The van der Waals surface area contributed by atoms with Gasteiger partial charge in [0.1, 0.15) is 42.7 Å². The average Bonchev–Trinajstić information content (AvgIpc) is 3.32. The van der Waals surface area contributed by atoms with Crippen LogP contribution in [0, 0.1) is 0 Å². The Labute approximate surface area is 409 Å². The van der Waals surface area contributed by atoms with Gasteiger partial charge in [-0.05, 0) is 109 Å². The van der Waals surface area contributed by atoms with Crippen LogP contribution in [0.25, 0.3) is 0 Å². The van der Waals surface area contributed by atoms with Crippen molar-refractivity contribution in [1.29, 1.82) is 0 Å². The number of phosphoric ester groups is 1. The van der Waals surface area contributed by atoms with Crippen molar-refractivity contribution in [2.45, 2.75) is 185 Å². The van der Waals surface area contributed by atoms with E-state index in [4.69, 9.17) is 18.5 Å². The molecule has 6 unspecified atom stereocenters. The van der Waals surface area contributed by atoms with E-state index in [0.717, 1.165) is 116 Å². The van der Waals surface area contributed by atoms with Crippen molar-refractivity contribution in [3.8, 4) is 0 Å². The van der Waals surface area contributed by atoms with Crippen LogP contribution in [0.15, 0.2) is 134 Å². The van der Waals surface area contributed by atoms with Gasteiger partial charge in [0.2, 0.25) is 0 Å². The lowest BCUT2D eigenvalue weighted by molar-refractivity contribution is -0.220. The van der Waals surface area contributed by atoms with Crippen LogP contribution in [0.1, 0.15) is 142 Å². The monoisotopic (exact) mass is 971 g/mol. The second kappa shape index (κ2) is 43.5. The Morgan fingerprint density at radius 2 is 0.824 bits per heavy atom. The number of carbonyl (C=O) groups excluding carboxylic acids is 1. The Morgan fingerprint density at radius 1 is 0.471 bits per heavy atom. The van der Waals surface area contributed by atoms with Crippen molar-refractivity contribution < 1.29 is 58.3 Å². The Bertz CT molecular complexity index is 1620. The van der Waals surface area contributed by atoms with Gasteiger partial charge >= 0.3 is 13.8 Å². The van der Waals surface area contributed by atoms with Crippen molar-refractivity contribution in [3.63, 3.8) is 0 Å². The largest absolute Gasteiger partial charge is 0.472 e. The first-order chi connectivity index (χ1) is 33.0. The second-order valence-electron chi connectivity index (χ2n) is 16.5. The third-order valence-corrected chi connectivity index (χ3v) is 11.5. The van der Waals surface area contributed by atoms with Crippen LogP contribution >= 0.6 is 7.82 Å². The average molecular weight is 971 g/mol. The molecule has 1 fully saturated rings. The molecule has 6 N–H and O–H groups in total. The number of rotatable bonds is 40. The Morgan fingerprint density at radius 3 is 1.24 bits per heavy atom. The van der Waals surface area contributed by atoms with E-state index in [1.165, 1.54) is 0 Å². The summed E-state index contributed by atoms with van der Waals surface area (Å²) in [6, 6.07) is 0. The molecule has 1 aliphatic rings. The number of aliphatic hydroxyl groups is 5. The molecule has 0 saturated heterocycles. The van der Waals surface area contributed by atoms with Gasteiger partial charge in [0.15, 0.2) is 0 Å². The number of carbonyl (C=O) groups is 1. The summed E-state index contributed by atoms with van der Waals surface area (Å²) in [5.74, 6) is -0.535. The molecule has 68 heavy (non-hydrogen) atoms. The third-order valence-electron chi connectivity index (χ3n) is 10.5. The smallest absolute Gasteiger partial charge is 0.457 e. The second-order valence-corrected chi connectivity index (χ2v) is 18.0. The number of ether oxygens (including phenoxy) is 2. The molecule has 0 aliphatic heterocycles. The molecule has 0 spiro atoms. The fourth-order valence-electron chi connectivity index (χ4n) is 6.62. The molecular weight excluding hydrogens is 884 g/mol. The number of hydrogen-bond acceptors (Lipinski definition) is 11. The van der Waals surface area contributed by atoms with Crippen LogP contribution in [0.5, 0.6) is 0 Å². The maximum Gasteiger partial charge on any atom is 0.472 e. The summed E-state index contributed by atoms with van der Waals surface area (Å²) in [5.41, 5.74) is 0. The van der Waals surface area contributed by atoms with E-state index < -0.39 is 63.1 Å². The Kier molecular flexibility index (Phi) is 40.0. The van der Waals surface area contributed by atoms with Crippen LogP contribution in [-0.4, -0.2) is 98.9 Å². The molecule has 1 rings (SSSR count). The van der Waals surface area contributed by atoms with Crippen LogP contribution in [-0.2, 0) is 27.9 Å². The molecular formula is C55H87O12P. The van der Waals surface area contributed by atoms with Crippen molar-refractivity contribution in [3.05, 3.63) is 134 Å². The number of hydrogen-bond donors (Lipinski definition) is 6. The van der Waals surface area contributed by atoms with E-state index in [2.05, 4.69) is 148 Å². The van der Waals surface area contributed by atoms with Crippen LogP contribution in [0.3, 0.4) is 0 Å². The highest BCUT2D eigenvalue weighted by atomic mass is 31.2. The fraction of sp³-hybridized carbons (Fsp3) is 0.582. The molecule has 0 aromatic carbocycles. The summed E-state index contributed by atoms with van der Waals surface area (Å²) < 4.78 is 34.2. The van der Waals surface area contributed by atoms with Gasteiger partial charge in [-0.15, -0.1) is 0 Å². The van der Waals surface area contributed by atoms with Crippen molar-refractivity contribution in [1.82, 2.24) is 0 Å². The van der Waals surface area contributed by atoms with Gasteiger partial charge in [0.05, 0.1) is 13.2 Å². The predicted molar refractivity (Wildman–Crippen MR) is 276 cm³/mol. The lowest BCUT2D eigenvalue weighted by Gasteiger charge is -2.41. The van der Waals surface area contributed by atoms with Crippen LogP contribution < -0.4 is 0 Å². The van der Waals surface area contributed by atoms with Gasteiger partial charge in [0.25, 0.3) is 0 Å². The van der Waals surface area contributed by atoms with Gasteiger partial charge in [-0.2, -0.15) is 0 Å². The summed E-state index contributed by atoms with van der Waals surface area (Å²) in [6.07, 6.45) is 52.3. The molecule has 13 heteroatoms.